The summed E-state index contributed by atoms with van der Waals surface area (Å²) in [6.45, 7) is 0.109. The molecule has 3 aliphatic heterocycles. The van der Waals surface area contributed by atoms with Crippen molar-refractivity contribution in [2.75, 3.05) is 19.8 Å². The number of aliphatic hydroxyl groups is 12. The molecule has 22 heteroatoms. The number of benzene rings is 2. The van der Waals surface area contributed by atoms with Gasteiger partial charge in [-0.05, 0) is 41.3 Å². The van der Waals surface area contributed by atoms with Gasteiger partial charge in [-0.25, -0.2) is 4.79 Å². The average Bonchev–Trinajstić information content (AvgIpc) is 3.25. The van der Waals surface area contributed by atoms with Crippen LogP contribution in [0.2, 0.25) is 0 Å². The van der Waals surface area contributed by atoms with Gasteiger partial charge in [-0.3, -0.25) is 4.79 Å². The minimum atomic E-state index is -2.28. The molecule has 0 aliphatic carbocycles. The highest BCUT2D eigenvalue weighted by Crippen LogP contribution is 2.35. The number of aliphatic hydroxyl groups excluding tert-OH is 12. The number of carbonyl (C=O) groups excluding carboxylic acids is 2. The Balaban J connectivity index is 1.27. The van der Waals surface area contributed by atoms with E-state index in [1.54, 1.807) is 0 Å². The minimum Gasteiger partial charge on any atom is -0.462 e. The number of hydrogen-bond donors (Lipinski definition) is 12. The van der Waals surface area contributed by atoms with Gasteiger partial charge in [-0.2, -0.15) is 0 Å². The summed E-state index contributed by atoms with van der Waals surface area (Å²) in [6.07, 6.45) is -24.8. The van der Waals surface area contributed by atoms with Gasteiger partial charge in [0.15, 0.2) is 11.9 Å². The normalized spacial score (nSPS) is 35.2. The molecule has 0 radical (unpaired) electrons. The quantitative estimate of drug-likeness (QED) is 0.0666. The lowest BCUT2D eigenvalue weighted by Gasteiger charge is -2.44. The molecule has 0 saturated carbocycles. The lowest BCUT2D eigenvalue weighted by molar-refractivity contribution is -0.330. The zero-order chi connectivity index (χ0) is 44.8. The molecule has 3 heterocycles. The molecule has 3 saturated heterocycles. The fourth-order valence-electron chi connectivity index (χ4n) is 6.74. The maximum absolute atomic E-state index is 14.1. The van der Waals surface area contributed by atoms with Crippen LogP contribution in [0.15, 0.2) is 48.5 Å². The summed E-state index contributed by atoms with van der Waals surface area (Å²) in [7, 11) is 0. The molecule has 0 amide bonds. The summed E-state index contributed by atoms with van der Waals surface area (Å²) in [6, 6.07) is 11.6. The van der Waals surface area contributed by atoms with Crippen molar-refractivity contribution in [1.82, 2.24) is 0 Å². The zero-order valence-corrected chi connectivity index (χ0v) is 33.0. The molecule has 3 aliphatic rings. The first-order valence-electron chi connectivity index (χ1n) is 19.4. The third kappa shape index (κ3) is 11.1. The molecule has 16 unspecified atom stereocenters. The molecule has 342 valence electrons. The van der Waals surface area contributed by atoms with E-state index >= 15 is 0 Å². The van der Waals surface area contributed by atoms with Crippen molar-refractivity contribution in [3.05, 3.63) is 59.7 Å². The second kappa shape index (κ2) is 21.1. The van der Waals surface area contributed by atoms with Crippen LogP contribution in [0.1, 0.15) is 31.4 Å². The molecule has 0 spiro atoms. The third-order valence-corrected chi connectivity index (χ3v) is 10.7. The van der Waals surface area contributed by atoms with E-state index in [-0.39, 0.29) is 18.1 Å². The largest absolute Gasteiger partial charge is 0.462 e. The van der Waals surface area contributed by atoms with Crippen molar-refractivity contribution in [3.63, 3.8) is 0 Å². The first-order chi connectivity index (χ1) is 28.9. The minimum absolute atomic E-state index is 0.126. The third-order valence-electron chi connectivity index (χ3n) is 10.7. The number of rotatable bonds is 17. The Morgan fingerprint density at radius 2 is 0.902 bits per heavy atom. The fourth-order valence-corrected chi connectivity index (χ4v) is 6.74. The Labute approximate surface area is 348 Å². The molecule has 22 nitrogen and oxygen atoms in total. The molecular weight excluding hydrogens is 820 g/mol. The summed E-state index contributed by atoms with van der Waals surface area (Å²) in [4.78, 5) is 27.6. The van der Waals surface area contributed by atoms with Crippen LogP contribution in [0.5, 0.6) is 11.5 Å². The van der Waals surface area contributed by atoms with Gasteiger partial charge in [0.05, 0.1) is 26.2 Å². The smallest absolute Gasteiger partial charge is 0.339 e. The first-order valence-corrected chi connectivity index (χ1v) is 19.4. The van der Waals surface area contributed by atoms with Gasteiger partial charge in [-0.15, -0.1) is 0 Å². The lowest BCUT2D eigenvalue weighted by Crippen LogP contribution is -2.62. The van der Waals surface area contributed by atoms with Gasteiger partial charge >= 0.3 is 11.9 Å². The van der Waals surface area contributed by atoms with Crippen molar-refractivity contribution in [2.45, 2.75) is 131 Å². The molecule has 2 aromatic carbocycles. The summed E-state index contributed by atoms with van der Waals surface area (Å²) >= 11 is 0. The number of ether oxygens (including phenoxy) is 8. The van der Waals surface area contributed by atoms with Crippen molar-refractivity contribution in [2.24, 2.45) is 5.92 Å². The second-order valence-corrected chi connectivity index (χ2v) is 15.2. The monoisotopic (exact) mass is 874 g/mol. The SMILES string of the molecule is CC(C)C(CC(=O)OCc1ccc(OC2OC(CO)C(O)C(O)C2O)cc1)(OC1OC(CO)C(O)C(O)C1O)C(=O)OCc1ccc(OC2OC(CO)C(O)C(O)C2O)cc1. The summed E-state index contributed by atoms with van der Waals surface area (Å²) in [5, 5.41) is 121. The molecule has 0 aromatic heterocycles. The Bertz CT molecular complexity index is 1690. The second-order valence-electron chi connectivity index (χ2n) is 15.2. The number of esters is 2. The fraction of sp³-hybridized carbons (Fsp3) is 0.641. The van der Waals surface area contributed by atoms with Crippen LogP contribution in [-0.2, 0) is 51.2 Å². The maximum atomic E-state index is 14.1. The van der Waals surface area contributed by atoms with E-state index < -0.39 is 148 Å². The number of carbonyl (C=O) groups is 2. The van der Waals surface area contributed by atoms with Crippen LogP contribution in [-0.4, -0.2) is 191 Å². The van der Waals surface area contributed by atoms with Crippen LogP contribution in [0.3, 0.4) is 0 Å². The Hall–Kier alpha value is -3.66. The van der Waals surface area contributed by atoms with Gasteiger partial charge in [0.1, 0.15) is 98.0 Å². The van der Waals surface area contributed by atoms with Crippen LogP contribution >= 0.6 is 0 Å². The summed E-state index contributed by atoms with van der Waals surface area (Å²) < 4.78 is 44.5. The van der Waals surface area contributed by atoms with Crippen molar-refractivity contribution in [1.29, 1.82) is 0 Å². The Morgan fingerprint density at radius 1 is 0.541 bits per heavy atom. The van der Waals surface area contributed by atoms with Crippen LogP contribution in [0.25, 0.3) is 0 Å². The summed E-state index contributed by atoms with van der Waals surface area (Å²) in [5.41, 5.74) is -1.48. The number of hydrogen-bond acceptors (Lipinski definition) is 22. The van der Waals surface area contributed by atoms with E-state index in [1.807, 2.05) is 0 Å². The van der Waals surface area contributed by atoms with E-state index in [2.05, 4.69) is 0 Å². The standard InChI is InChI=1S/C39H54O22/c1-17(2)39(61-37-34(52)31(49)28(46)24(14-42)60-37,38(53)55-16-19-5-9-21(10-6-19)57-36-33(51)30(48)27(45)23(13-41)59-36)11-25(43)54-15-18-3-7-20(8-4-18)56-35-32(50)29(47)26(44)22(12-40)58-35/h3-10,17,22-24,26-37,40-42,44-52H,11-16H2,1-2H3. The first kappa shape index (κ1) is 48.4. The van der Waals surface area contributed by atoms with E-state index in [0.717, 1.165) is 0 Å². The van der Waals surface area contributed by atoms with Gasteiger partial charge in [-0.1, -0.05) is 38.1 Å². The highest BCUT2D eigenvalue weighted by atomic mass is 16.7. The lowest BCUT2D eigenvalue weighted by atomic mass is 9.86. The van der Waals surface area contributed by atoms with Gasteiger partial charge < -0.3 is 99.2 Å². The van der Waals surface area contributed by atoms with E-state index in [4.69, 9.17) is 37.9 Å². The van der Waals surface area contributed by atoms with Crippen molar-refractivity contribution in [3.8, 4) is 11.5 Å². The maximum Gasteiger partial charge on any atom is 0.339 e. The topological polar surface area (TPSA) is 351 Å². The van der Waals surface area contributed by atoms with Crippen LogP contribution in [0.4, 0.5) is 0 Å². The van der Waals surface area contributed by atoms with Crippen molar-refractivity contribution < 1.29 is 109 Å². The average molecular weight is 875 g/mol. The van der Waals surface area contributed by atoms with Crippen LogP contribution in [0, 0.1) is 5.92 Å². The molecule has 0 bridgehead atoms. The Morgan fingerprint density at radius 3 is 1.28 bits per heavy atom. The van der Waals surface area contributed by atoms with Gasteiger partial charge in [0, 0.05) is 0 Å². The molecule has 12 N–H and O–H groups in total. The highest BCUT2D eigenvalue weighted by molar-refractivity contribution is 5.86. The van der Waals surface area contributed by atoms with E-state index in [9.17, 15) is 70.9 Å². The predicted octanol–water partition coefficient (Wildman–Crippen LogP) is -4.57. The molecule has 5 rings (SSSR count). The van der Waals surface area contributed by atoms with Gasteiger partial charge in [0.2, 0.25) is 12.6 Å². The predicted molar refractivity (Wildman–Crippen MR) is 198 cm³/mol. The zero-order valence-electron chi connectivity index (χ0n) is 33.0. The van der Waals surface area contributed by atoms with Gasteiger partial charge in [0.25, 0.3) is 0 Å². The van der Waals surface area contributed by atoms with E-state index in [0.29, 0.717) is 11.1 Å². The Kier molecular flexibility index (Phi) is 16.8. The summed E-state index contributed by atoms with van der Waals surface area (Å²) in [5.74, 6) is -2.78. The molecular formula is C39H54O22. The highest BCUT2D eigenvalue weighted by Gasteiger charge is 2.54. The van der Waals surface area contributed by atoms with Crippen molar-refractivity contribution >= 4 is 11.9 Å². The molecule has 3 fully saturated rings. The molecule has 2 aromatic rings. The molecule has 16 atom stereocenters. The molecule has 61 heavy (non-hydrogen) atoms. The van der Waals surface area contributed by atoms with E-state index in [1.165, 1.54) is 62.4 Å². The van der Waals surface area contributed by atoms with Crippen LogP contribution < -0.4 is 9.47 Å².